The van der Waals surface area contributed by atoms with Gasteiger partial charge >= 0.3 is 17.9 Å². The second-order valence-corrected chi connectivity index (χ2v) is 6.83. The first kappa shape index (κ1) is 25.0. The van der Waals surface area contributed by atoms with Crippen LogP contribution in [0.4, 0.5) is 0 Å². The van der Waals surface area contributed by atoms with Gasteiger partial charge in [0.25, 0.3) is 0 Å². The van der Waals surface area contributed by atoms with Crippen molar-refractivity contribution in [3.63, 3.8) is 0 Å². The van der Waals surface area contributed by atoms with Crippen LogP contribution in [0.15, 0.2) is 42.5 Å². The Bertz CT molecular complexity index is 1080. The molecule has 11 heteroatoms. The van der Waals surface area contributed by atoms with E-state index < -0.39 is 47.5 Å². The van der Waals surface area contributed by atoms with Gasteiger partial charge in [0.05, 0.1) is 14.2 Å². The van der Waals surface area contributed by atoms with Gasteiger partial charge in [-0.1, -0.05) is 12.1 Å². The van der Waals surface area contributed by atoms with E-state index in [4.69, 9.17) is 9.47 Å². The second-order valence-electron chi connectivity index (χ2n) is 6.83. The van der Waals surface area contributed by atoms with E-state index in [-0.39, 0.29) is 17.1 Å². The quantitative estimate of drug-likeness (QED) is 0.203. The van der Waals surface area contributed by atoms with Crippen LogP contribution in [0.3, 0.4) is 0 Å². The molecule has 0 saturated heterocycles. The van der Waals surface area contributed by atoms with Crippen LogP contribution in [0.25, 0.3) is 6.08 Å². The lowest BCUT2D eigenvalue weighted by Gasteiger charge is -2.30. The number of phenols is 3. The third-order valence-electron chi connectivity index (χ3n) is 4.58. The Labute approximate surface area is 187 Å². The molecule has 0 spiro atoms. The monoisotopic (exact) mass is 462 g/mol. The van der Waals surface area contributed by atoms with Gasteiger partial charge in [-0.15, -0.1) is 0 Å². The first-order valence-electron chi connectivity index (χ1n) is 9.32. The summed E-state index contributed by atoms with van der Waals surface area (Å²) in [6.07, 6.45) is -0.990. The molecule has 33 heavy (non-hydrogen) atoms. The van der Waals surface area contributed by atoms with Crippen molar-refractivity contribution in [3.05, 3.63) is 53.6 Å². The Hall–Kier alpha value is -4.25. The average molecular weight is 462 g/mol. The second kappa shape index (κ2) is 10.4. The molecular formula is C22H22O11. The summed E-state index contributed by atoms with van der Waals surface area (Å²) < 4.78 is 14.3. The maximum absolute atomic E-state index is 12.3. The van der Waals surface area contributed by atoms with E-state index in [0.29, 0.717) is 5.56 Å². The summed E-state index contributed by atoms with van der Waals surface area (Å²) in [5, 5.41) is 49.2. The molecular weight excluding hydrogens is 440 g/mol. The summed E-state index contributed by atoms with van der Waals surface area (Å²) in [7, 11) is 2.27. The number of esters is 2. The molecule has 2 aromatic rings. The number of ether oxygens (including phenoxy) is 3. The number of carbonyl (C=O) groups is 3. The fraction of sp³-hybridized carbons (Fsp3) is 0.227. The van der Waals surface area contributed by atoms with Gasteiger partial charge in [-0.3, -0.25) is 0 Å². The van der Waals surface area contributed by atoms with Crippen molar-refractivity contribution in [2.75, 3.05) is 14.2 Å². The summed E-state index contributed by atoms with van der Waals surface area (Å²) in [4.78, 5) is 36.4. The van der Waals surface area contributed by atoms with E-state index in [9.17, 15) is 39.9 Å². The number of aromatic hydroxyl groups is 3. The highest BCUT2D eigenvalue weighted by atomic mass is 16.6. The summed E-state index contributed by atoms with van der Waals surface area (Å²) in [5.74, 6) is -5.49. The first-order valence-corrected chi connectivity index (χ1v) is 9.32. The van der Waals surface area contributed by atoms with Gasteiger partial charge in [0.1, 0.15) is 0 Å². The Morgan fingerprint density at radius 2 is 1.70 bits per heavy atom. The predicted molar refractivity (Wildman–Crippen MR) is 112 cm³/mol. The van der Waals surface area contributed by atoms with Gasteiger partial charge in [0.2, 0.25) is 11.7 Å². The van der Waals surface area contributed by atoms with Gasteiger partial charge in [0, 0.05) is 12.5 Å². The van der Waals surface area contributed by atoms with Crippen molar-refractivity contribution in [2.45, 2.75) is 18.1 Å². The molecule has 0 aromatic heterocycles. The molecule has 0 bridgehead atoms. The van der Waals surface area contributed by atoms with E-state index in [2.05, 4.69) is 4.74 Å². The maximum atomic E-state index is 12.3. The van der Waals surface area contributed by atoms with Crippen LogP contribution in [0.1, 0.15) is 11.1 Å². The maximum Gasteiger partial charge on any atom is 0.350 e. The largest absolute Gasteiger partial charge is 0.504 e. The molecule has 0 aliphatic heterocycles. The number of carboxylic acid groups (broad SMARTS) is 1. The lowest BCUT2D eigenvalue weighted by molar-refractivity contribution is -0.193. The Morgan fingerprint density at radius 1 is 1.00 bits per heavy atom. The fourth-order valence-corrected chi connectivity index (χ4v) is 2.85. The van der Waals surface area contributed by atoms with E-state index in [1.807, 2.05) is 0 Å². The van der Waals surface area contributed by atoms with Crippen molar-refractivity contribution in [1.29, 1.82) is 0 Å². The van der Waals surface area contributed by atoms with E-state index >= 15 is 0 Å². The number of hydrogen-bond donors (Lipinski definition) is 5. The van der Waals surface area contributed by atoms with Crippen LogP contribution in [0.5, 0.6) is 23.0 Å². The van der Waals surface area contributed by atoms with E-state index in [1.165, 1.54) is 37.5 Å². The molecule has 2 atom stereocenters. The number of methoxy groups -OCH3 is 2. The minimum Gasteiger partial charge on any atom is -0.504 e. The summed E-state index contributed by atoms with van der Waals surface area (Å²) in [6.45, 7) is 0. The molecule has 2 unspecified atom stereocenters. The summed E-state index contributed by atoms with van der Waals surface area (Å²) in [5.41, 5.74) is -2.60. The molecule has 2 rings (SSSR count). The third kappa shape index (κ3) is 5.92. The molecule has 11 nitrogen and oxygen atoms in total. The molecule has 0 saturated carbocycles. The highest BCUT2D eigenvalue weighted by Crippen LogP contribution is 2.29. The zero-order chi connectivity index (χ0) is 24.8. The summed E-state index contributed by atoms with van der Waals surface area (Å²) >= 11 is 0. The van der Waals surface area contributed by atoms with Gasteiger partial charge in [-0.25, -0.2) is 14.4 Å². The molecule has 5 N–H and O–H groups in total. The van der Waals surface area contributed by atoms with Crippen molar-refractivity contribution in [3.8, 4) is 23.0 Å². The average Bonchev–Trinajstić information content (AvgIpc) is 2.77. The van der Waals surface area contributed by atoms with E-state index in [0.717, 1.165) is 25.3 Å². The minimum atomic E-state index is -2.97. The predicted octanol–water partition coefficient (Wildman–Crippen LogP) is 0.968. The standard InChI is InChI=1S/C22H22O11/c1-31-17-7-4-12(9-16(17)25)5-8-18(26)33-19(20(27)32-2)22(30,21(28)29)11-13-3-6-14(23)15(24)10-13/h3-10,19,23-25,30H,11H2,1-2H3,(H,28,29). The van der Waals surface area contributed by atoms with Gasteiger partial charge < -0.3 is 39.7 Å². The normalized spacial score (nSPS) is 13.7. The lowest BCUT2D eigenvalue weighted by Crippen LogP contribution is -2.57. The zero-order valence-electron chi connectivity index (χ0n) is 17.6. The number of hydrogen-bond acceptors (Lipinski definition) is 10. The summed E-state index contributed by atoms with van der Waals surface area (Å²) in [6, 6.07) is 7.47. The topological polar surface area (TPSA) is 180 Å². The molecule has 0 radical (unpaired) electrons. The molecule has 0 aliphatic rings. The highest BCUT2D eigenvalue weighted by Gasteiger charge is 2.52. The van der Waals surface area contributed by atoms with Crippen LogP contribution in [0, 0.1) is 0 Å². The smallest absolute Gasteiger partial charge is 0.350 e. The Balaban J connectivity index is 2.30. The number of carbonyl (C=O) groups excluding carboxylic acids is 2. The van der Waals surface area contributed by atoms with Gasteiger partial charge in [0.15, 0.2) is 23.0 Å². The number of phenolic OH excluding ortho intramolecular Hbond substituents is 3. The van der Waals surface area contributed by atoms with Crippen LogP contribution in [-0.4, -0.2) is 69.4 Å². The zero-order valence-corrected chi connectivity index (χ0v) is 17.6. The van der Waals surface area contributed by atoms with Gasteiger partial charge in [-0.2, -0.15) is 0 Å². The molecule has 0 heterocycles. The number of aliphatic hydroxyl groups is 1. The SMILES string of the molecule is COC(=O)C(OC(=O)C=Cc1ccc(OC)c(O)c1)C(O)(Cc1ccc(O)c(O)c1)C(=O)O. The van der Waals surface area contributed by atoms with Crippen molar-refractivity contribution in [1.82, 2.24) is 0 Å². The van der Waals surface area contributed by atoms with Crippen molar-refractivity contribution >= 4 is 24.0 Å². The molecule has 0 fully saturated rings. The molecule has 0 aliphatic carbocycles. The number of benzene rings is 2. The Kier molecular flexibility index (Phi) is 7.86. The first-order chi connectivity index (χ1) is 15.5. The molecule has 0 amide bonds. The van der Waals surface area contributed by atoms with Crippen LogP contribution < -0.4 is 4.74 Å². The lowest BCUT2D eigenvalue weighted by atomic mass is 9.88. The third-order valence-corrected chi connectivity index (χ3v) is 4.58. The van der Waals surface area contributed by atoms with Crippen LogP contribution in [-0.2, 0) is 30.3 Å². The fourth-order valence-electron chi connectivity index (χ4n) is 2.85. The van der Waals surface area contributed by atoms with Crippen molar-refractivity contribution in [2.24, 2.45) is 0 Å². The minimum absolute atomic E-state index is 0.0180. The molecule has 2 aromatic carbocycles. The number of aliphatic carboxylic acids is 1. The highest BCUT2D eigenvalue weighted by molar-refractivity contribution is 5.93. The Morgan fingerprint density at radius 3 is 2.24 bits per heavy atom. The van der Waals surface area contributed by atoms with E-state index in [1.54, 1.807) is 0 Å². The molecule has 176 valence electrons. The number of rotatable bonds is 9. The van der Waals surface area contributed by atoms with Gasteiger partial charge in [-0.05, 0) is 41.5 Å². The van der Waals surface area contributed by atoms with Crippen molar-refractivity contribution < 1.29 is 54.1 Å². The number of carboxylic acids is 1. The van der Waals surface area contributed by atoms with Crippen LogP contribution >= 0.6 is 0 Å². The van der Waals surface area contributed by atoms with Crippen LogP contribution in [0.2, 0.25) is 0 Å².